The van der Waals surface area contributed by atoms with Crippen LogP contribution in [0, 0.1) is 0 Å². The largest absolute Gasteiger partial charge is 0.419 e. The van der Waals surface area contributed by atoms with E-state index < -0.39 is 0 Å². The fourth-order valence-corrected chi connectivity index (χ4v) is 3.94. The van der Waals surface area contributed by atoms with Crippen LogP contribution < -0.4 is 0 Å². The summed E-state index contributed by atoms with van der Waals surface area (Å²) in [5, 5.41) is 17.3. The minimum Gasteiger partial charge on any atom is -0.419 e. The molecule has 1 aliphatic heterocycles. The van der Waals surface area contributed by atoms with E-state index in [2.05, 4.69) is 36.6 Å². The van der Waals surface area contributed by atoms with Crippen molar-refractivity contribution < 1.29 is 4.42 Å². The Morgan fingerprint density at radius 3 is 2.54 bits per heavy atom. The highest BCUT2D eigenvalue weighted by molar-refractivity contribution is 5.51. The summed E-state index contributed by atoms with van der Waals surface area (Å²) < 4.78 is 8.06. The van der Waals surface area contributed by atoms with Crippen LogP contribution in [0.1, 0.15) is 43.4 Å². The number of nitrogens with zero attached hydrogens (tertiary/aromatic N) is 6. The second-order valence-electron chi connectivity index (χ2n) is 7.28. The summed E-state index contributed by atoms with van der Waals surface area (Å²) in [4.78, 5) is 2.40. The molecule has 1 unspecified atom stereocenters. The quantitative estimate of drug-likeness (QED) is 0.542. The summed E-state index contributed by atoms with van der Waals surface area (Å²) in [6, 6.07) is 16.0. The zero-order valence-electron chi connectivity index (χ0n) is 15.8. The average Bonchev–Trinajstić information content (AvgIpc) is 3.42. The van der Waals surface area contributed by atoms with E-state index in [1.165, 1.54) is 0 Å². The number of likely N-dealkylation sites (tertiary alicyclic amines) is 1. The predicted molar refractivity (Wildman–Crippen MR) is 105 cm³/mol. The lowest BCUT2D eigenvalue weighted by molar-refractivity contribution is 0.141. The molecule has 0 spiro atoms. The summed E-state index contributed by atoms with van der Waals surface area (Å²) >= 11 is 0. The Morgan fingerprint density at radius 1 is 0.929 bits per heavy atom. The van der Waals surface area contributed by atoms with Gasteiger partial charge in [-0.3, -0.25) is 9.30 Å². The van der Waals surface area contributed by atoms with Gasteiger partial charge in [-0.1, -0.05) is 24.3 Å². The van der Waals surface area contributed by atoms with E-state index in [1.807, 2.05) is 54.7 Å². The van der Waals surface area contributed by atoms with Crippen LogP contribution >= 0.6 is 0 Å². The molecule has 142 valence electrons. The highest BCUT2D eigenvalue weighted by Crippen LogP contribution is 2.32. The van der Waals surface area contributed by atoms with E-state index in [1.54, 1.807) is 0 Å². The Morgan fingerprint density at radius 2 is 1.71 bits per heavy atom. The summed E-state index contributed by atoms with van der Waals surface area (Å²) in [5.74, 6) is 2.73. The molecule has 7 heteroatoms. The molecule has 3 aromatic heterocycles. The Bertz CT molecular complexity index is 1060. The SMILES string of the molecule is CC(c1nnc(-c2ccccc2)o1)N1CCC(c2nnc3ccccn23)CC1. The van der Waals surface area contributed by atoms with Crippen molar-refractivity contribution >= 4 is 5.65 Å². The number of hydrogen-bond acceptors (Lipinski definition) is 6. The molecule has 0 radical (unpaired) electrons. The lowest BCUT2D eigenvalue weighted by Crippen LogP contribution is -2.35. The molecule has 0 saturated carbocycles. The third-order valence-corrected chi connectivity index (χ3v) is 5.60. The van der Waals surface area contributed by atoms with Gasteiger partial charge < -0.3 is 4.42 Å². The summed E-state index contributed by atoms with van der Waals surface area (Å²) in [6.07, 6.45) is 4.13. The number of piperidine rings is 1. The standard InChI is InChI=1S/C21H22N6O/c1-15(20-24-25-21(28-20)17-7-3-2-4-8-17)26-13-10-16(11-14-26)19-23-22-18-9-5-6-12-27(18)19/h2-9,12,15-16H,10-11,13-14H2,1H3. The molecule has 0 bridgehead atoms. The highest BCUT2D eigenvalue weighted by atomic mass is 16.4. The normalized spacial score (nSPS) is 17.2. The maximum Gasteiger partial charge on any atom is 0.247 e. The van der Waals surface area contributed by atoms with Crippen molar-refractivity contribution in [3.8, 4) is 11.5 Å². The molecule has 0 aliphatic carbocycles. The molecule has 0 amide bonds. The Labute approximate surface area is 163 Å². The van der Waals surface area contributed by atoms with Crippen molar-refractivity contribution in [2.24, 2.45) is 0 Å². The third kappa shape index (κ3) is 3.07. The van der Waals surface area contributed by atoms with Crippen LogP contribution in [-0.4, -0.2) is 42.8 Å². The first-order valence-corrected chi connectivity index (χ1v) is 9.72. The molecule has 5 rings (SSSR count). The number of benzene rings is 1. The van der Waals surface area contributed by atoms with E-state index >= 15 is 0 Å². The monoisotopic (exact) mass is 374 g/mol. The lowest BCUT2D eigenvalue weighted by Gasteiger charge is -2.33. The molecule has 1 saturated heterocycles. The van der Waals surface area contributed by atoms with Crippen molar-refractivity contribution in [1.82, 2.24) is 29.7 Å². The van der Waals surface area contributed by atoms with Gasteiger partial charge in [-0.15, -0.1) is 20.4 Å². The Kier molecular flexibility index (Phi) is 4.37. The van der Waals surface area contributed by atoms with Crippen LogP contribution in [0.15, 0.2) is 59.1 Å². The first-order chi connectivity index (χ1) is 13.8. The zero-order valence-corrected chi connectivity index (χ0v) is 15.8. The van der Waals surface area contributed by atoms with E-state index in [9.17, 15) is 0 Å². The van der Waals surface area contributed by atoms with Crippen LogP contribution in [0.2, 0.25) is 0 Å². The van der Waals surface area contributed by atoms with Crippen molar-refractivity contribution in [3.63, 3.8) is 0 Å². The maximum absolute atomic E-state index is 5.95. The van der Waals surface area contributed by atoms with Crippen LogP contribution in [0.3, 0.4) is 0 Å². The zero-order chi connectivity index (χ0) is 18.9. The number of rotatable bonds is 4. The van der Waals surface area contributed by atoms with Crippen molar-refractivity contribution in [1.29, 1.82) is 0 Å². The molecule has 1 fully saturated rings. The number of fused-ring (bicyclic) bond motifs is 1. The van der Waals surface area contributed by atoms with Crippen LogP contribution in [0.4, 0.5) is 0 Å². The lowest BCUT2D eigenvalue weighted by atomic mass is 9.95. The van der Waals surface area contributed by atoms with Gasteiger partial charge >= 0.3 is 0 Å². The van der Waals surface area contributed by atoms with Gasteiger partial charge in [0, 0.05) is 17.7 Å². The van der Waals surface area contributed by atoms with Crippen LogP contribution in [0.25, 0.3) is 17.1 Å². The van der Waals surface area contributed by atoms with Gasteiger partial charge in [0.2, 0.25) is 11.8 Å². The molecular formula is C21H22N6O. The second-order valence-corrected chi connectivity index (χ2v) is 7.28. The minimum atomic E-state index is 0.0982. The second kappa shape index (κ2) is 7.16. The minimum absolute atomic E-state index is 0.0982. The summed E-state index contributed by atoms with van der Waals surface area (Å²) in [5.41, 5.74) is 1.86. The Balaban J connectivity index is 1.27. The van der Waals surface area contributed by atoms with E-state index in [4.69, 9.17) is 4.42 Å². The number of pyridine rings is 1. The van der Waals surface area contributed by atoms with Gasteiger partial charge in [-0.2, -0.15) is 0 Å². The maximum atomic E-state index is 5.95. The van der Waals surface area contributed by atoms with E-state index in [0.29, 0.717) is 17.7 Å². The molecule has 4 heterocycles. The van der Waals surface area contributed by atoms with Gasteiger partial charge in [0.1, 0.15) is 5.82 Å². The number of aromatic nitrogens is 5. The fourth-order valence-electron chi connectivity index (χ4n) is 3.94. The molecule has 7 nitrogen and oxygen atoms in total. The molecule has 0 N–H and O–H groups in total. The molecule has 4 aromatic rings. The smallest absolute Gasteiger partial charge is 0.247 e. The van der Waals surface area contributed by atoms with E-state index in [0.717, 1.165) is 43.0 Å². The molecule has 1 aromatic carbocycles. The van der Waals surface area contributed by atoms with E-state index in [-0.39, 0.29) is 6.04 Å². The average molecular weight is 374 g/mol. The van der Waals surface area contributed by atoms with Gasteiger partial charge in [-0.05, 0) is 57.1 Å². The van der Waals surface area contributed by atoms with Crippen molar-refractivity contribution in [3.05, 3.63) is 66.4 Å². The van der Waals surface area contributed by atoms with Crippen LogP contribution in [-0.2, 0) is 0 Å². The molecule has 1 aliphatic rings. The molecule has 1 atom stereocenters. The van der Waals surface area contributed by atoms with Gasteiger partial charge in [0.25, 0.3) is 0 Å². The first kappa shape index (κ1) is 17.1. The molecule has 28 heavy (non-hydrogen) atoms. The summed E-state index contributed by atoms with van der Waals surface area (Å²) in [6.45, 7) is 4.07. The Hall–Kier alpha value is -3.06. The van der Waals surface area contributed by atoms with Crippen molar-refractivity contribution in [2.45, 2.75) is 31.7 Å². The van der Waals surface area contributed by atoms with Gasteiger partial charge in [0.05, 0.1) is 6.04 Å². The topological polar surface area (TPSA) is 72.3 Å². The number of hydrogen-bond donors (Lipinski definition) is 0. The summed E-state index contributed by atoms with van der Waals surface area (Å²) in [7, 11) is 0. The van der Waals surface area contributed by atoms with Gasteiger partial charge in [-0.25, -0.2) is 0 Å². The molecular weight excluding hydrogens is 352 g/mol. The highest BCUT2D eigenvalue weighted by Gasteiger charge is 2.29. The third-order valence-electron chi connectivity index (χ3n) is 5.60. The fraction of sp³-hybridized carbons (Fsp3) is 0.333. The van der Waals surface area contributed by atoms with Gasteiger partial charge in [0.15, 0.2) is 5.65 Å². The van der Waals surface area contributed by atoms with Crippen molar-refractivity contribution in [2.75, 3.05) is 13.1 Å². The predicted octanol–water partition coefficient (Wildman–Crippen LogP) is 3.72. The first-order valence-electron chi connectivity index (χ1n) is 9.72. The van der Waals surface area contributed by atoms with Crippen LogP contribution in [0.5, 0.6) is 0 Å².